The molecular formula is C21H23N3O5. The standard InChI is InChI=1S/C21H23N3O5/c1-27-16-7-4-14(5-8-16)23-21(26)24-10-2-3-17(24)20(25)22-15-6-9-18-19(13-15)29-12-11-28-18/h4-9,13,17H,2-3,10-12H2,1H3,(H,22,25)(H,23,26)/t17-/m1/s1. The normalized spacial score (nSPS) is 17.6. The highest BCUT2D eigenvalue weighted by molar-refractivity contribution is 5.99. The van der Waals surface area contributed by atoms with Gasteiger partial charge in [-0.15, -0.1) is 0 Å². The van der Waals surface area contributed by atoms with Gasteiger partial charge in [-0.3, -0.25) is 4.79 Å². The third-order valence-corrected chi connectivity index (χ3v) is 4.97. The van der Waals surface area contributed by atoms with E-state index in [-0.39, 0.29) is 11.9 Å². The molecule has 0 saturated carbocycles. The van der Waals surface area contributed by atoms with Gasteiger partial charge in [0.15, 0.2) is 11.5 Å². The fourth-order valence-corrected chi connectivity index (χ4v) is 3.50. The second-order valence-electron chi connectivity index (χ2n) is 6.86. The first kappa shape index (κ1) is 18.9. The molecule has 0 radical (unpaired) electrons. The molecule has 1 fully saturated rings. The van der Waals surface area contributed by atoms with Crippen molar-refractivity contribution in [3.05, 3.63) is 42.5 Å². The van der Waals surface area contributed by atoms with Crippen LogP contribution in [0, 0.1) is 0 Å². The zero-order valence-corrected chi connectivity index (χ0v) is 16.1. The summed E-state index contributed by atoms with van der Waals surface area (Å²) in [5, 5.41) is 5.72. The summed E-state index contributed by atoms with van der Waals surface area (Å²) in [6.45, 7) is 1.52. The molecule has 2 aliphatic rings. The van der Waals surface area contributed by atoms with E-state index in [1.54, 1.807) is 54.5 Å². The van der Waals surface area contributed by atoms with Crippen LogP contribution in [0.5, 0.6) is 17.2 Å². The van der Waals surface area contributed by atoms with Gasteiger partial charge in [-0.05, 0) is 49.2 Å². The number of ether oxygens (including phenoxy) is 3. The fourth-order valence-electron chi connectivity index (χ4n) is 3.50. The van der Waals surface area contributed by atoms with E-state index in [1.807, 2.05) is 0 Å². The summed E-state index contributed by atoms with van der Waals surface area (Å²) in [5.41, 5.74) is 1.26. The minimum atomic E-state index is -0.526. The molecule has 3 amide bonds. The van der Waals surface area contributed by atoms with Crippen molar-refractivity contribution >= 4 is 23.3 Å². The van der Waals surface area contributed by atoms with E-state index in [1.165, 1.54) is 0 Å². The van der Waals surface area contributed by atoms with E-state index in [9.17, 15) is 9.59 Å². The van der Waals surface area contributed by atoms with Gasteiger partial charge in [-0.25, -0.2) is 4.79 Å². The SMILES string of the molecule is COc1ccc(NC(=O)N2CCC[C@@H]2C(=O)Nc2ccc3c(c2)OCCO3)cc1. The highest BCUT2D eigenvalue weighted by Gasteiger charge is 2.34. The molecule has 2 N–H and O–H groups in total. The average molecular weight is 397 g/mol. The molecule has 8 nitrogen and oxygen atoms in total. The van der Waals surface area contributed by atoms with Crippen LogP contribution in [0.15, 0.2) is 42.5 Å². The Morgan fingerprint density at radius 2 is 1.72 bits per heavy atom. The van der Waals surface area contributed by atoms with Gasteiger partial charge in [0.25, 0.3) is 0 Å². The lowest BCUT2D eigenvalue weighted by molar-refractivity contribution is -0.119. The van der Waals surface area contributed by atoms with Crippen LogP contribution in [-0.4, -0.2) is 49.7 Å². The quantitative estimate of drug-likeness (QED) is 0.828. The minimum Gasteiger partial charge on any atom is -0.497 e. The maximum atomic E-state index is 12.8. The number of nitrogens with one attached hydrogen (secondary N) is 2. The predicted octanol–water partition coefficient (Wildman–Crippen LogP) is 3.10. The van der Waals surface area contributed by atoms with Gasteiger partial charge in [-0.1, -0.05) is 0 Å². The van der Waals surface area contributed by atoms with Crippen LogP contribution < -0.4 is 24.8 Å². The molecule has 152 valence electrons. The maximum absolute atomic E-state index is 12.8. The number of carbonyl (C=O) groups is 2. The second-order valence-corrected chi connectivity index (χ2v) is 6.86. The Kier molecular flexibility index (Phi) is 5.41. The van der Waals surface area contributed by atoms with Gasteiger partial charge in [0, 0.05) is 24.0 Å². The molecule has 1 saturated heterocycles. The largest absolute Gasteiger partial charge is 0.497 e. The maximum Gasteiger partial charge on any atom is 0.322 e. The third-order valence-electron chi connectivity index (χ3n) is 4.97. The molecule has 2 aliphatic heterocycles. The Bertz CT molecular complexity index is 900. The summed E-state index contributed by atoms with van der Waals surface area (Å²) in [6.07, 6.45) is 1.39. The van der Waals surface area contributed by atoms with Gasteiger partial charge in [0.1, 0.15) is 25.0 Å². The molecule has 2 heterocycles. The molecule has 8 heteroatoms. The predicted molar refractivity (Wildman–Crippen MR) is 108 cm³/mol. The number of likely N-dealkylation sites (tertiary alicyclic amines) is 1. The monoisotopic (exact) mass is 397 g/mol. The highest BCUT2D eigenvalue weighted by atomic mass is 16.6. The molecule has 1 atom stereocenters. The average Bonchev–Trinajstić information content (AvgIpc) is 3.24. The van der Waals surface area contributed by atoms with Gasteiger partial charge in [-0.2, -0.15) is 0 Å². The molecule has 2 aromatic carbocycles. The van der Waals surface area contributed by atoms with Crippen molar-refractivity contribution in [3.8, 4) is 17.2 Å². The third kappa shape index (κ3) is 4.21. The molecule has 0 aliphatic carbocycles. The Balaban J connectivity index is 1.40. The van der Waals surface area contributed by atoms with E-state index < -0.39 is 6.04 Å². The van der Waals surface area contributed by atoms with Crippen LogP contribution in [0.3, 0.4) is 0 Å². The minimum absolute atomic E-state index is 0.218. The van der Waals surface area contributed by atoms with Crippen molar-refractivity contribution in [1.82, 2.24) is 4.90 Å². The number of hydrogen-bond donors (Lipinski definition) is 2. The number of urea groups is 1. The van der Waals surface area contributed by atoms with Gasteiger partial charge in [0.2, 0.25) is 5.91 Å². The summed E-state index contributed by atoms with van der Waals surface area (Å²) in [7, 11) is 1.59. The Hall–Kier alpha value is -3.42. The van der Waals surface area contributed by atoms with Crippen molar-refractivity contribution < 1.29 is 23.8 Å². The van der Waals surface area contributed by atoms with Crippen molar-refractivity contribution in [1.29, 1.82) is 0 Å². The van der Waals surface area contributed by atoms with E-state index >= 15 is 0 Å². The molecular weight excluding hydrogens is 374 g/mol. The number of hydrogen-bond acceptors (Lipinski definition) is 5. The summed E-state index contributed by atoms with van der Waals surface area (Å²) < 4.78 is 16.2. The number of carbonyl (C=O) groups excluding carboxylic acids is 2. The van der Waals surface area contributed by atoms with Crippen molar-refractivity contribution in [2.45, 2.75) is 18.9 Å². The van der Waals surface area contributed by atoms with E-state index in [2.05, 4.69) is 10.6 Å². The van der Waals surface area contributed by atoms with Crippen molar-refractivity contribution in [2.75, 3.05) is 37.5 Å². The summed E-state index contributed by atoms with van der Waals surface area (Å²) in [5.74, 6) is 1.76. The first-order chi connectivity index (χ1) is 14.1. The molecule has 2 aromatic rings. The molecule has 0 spiro atoms. The molecule has 0 bridgehead atoms. The van der Waals surface area contributed by atoms with E-state index in [4.69, 9.17) is 14.2 Å². The van der Waals surface area contributed by atoms with Crippen molar-refractivity contribution in [3.63, 3.8) is 0 Å². The number of rotatable bonds is 4. The Morgan fingerprint density at radius 3 is 2.48 bits per heavy atom. The topological polar surface area (TPSA) is 89.1 Å². The summed E-state index contributed by atoms with van der Waals surface area (Å²) >= 11 is 0. The van der Waals surface area contributed by atoms with Crippen LogP contribution in [-0.2, 0) is 4.79 Å². The first-order valence-corrected chi connectivity index (χ1v) is 9.56. The number of fused-ring (bicyclic) bond motifs is 1. The smallest absolute Gasteiger partial charge is 0.322 e. The van der Waals surface area contributed by atoms with Crippen molar-refractivity contribution in [2.24, 2.45) is 0 Å². The lowest BCUT2D eigenvalue weighted by Gasteiger charge is -2.25. The number of benzene rings is 2. The van der Waals surface area contributed by atoms with Crippen LogP contribution in [0.2, 0.25) is 0 Å². The molecule has 4 rings (SSSR count). The van der Waals surface area contributed by atoms with Crippen LogP contribution in [0.4, 0.5) is 16.2 Å². The zero-order valence-electron chi connectivity index (χ0n) is 16.1. The number of anilines is 2. The summed E-state index contributed by atoms with van der Waals surface area (Å²) in [6, 6.07) is 11.5. The van der Waals surface area contributed by atoms with Gasteiger partial charge < -0.3 is 29.7 Å². The van der Waals surface area contributed by atoms with E-state index in [0.29, 0.717) is 54.8 Å². The number of amides is 3. The molecule has 0 unspecified atom stereocenters. The highest BCUT2D eigenvalue weighted by Crippen LogP contribution is 2.33. The zero-order chi connectivity index (χ0) is 20.2. The number of nitrogens with zero attached hydrogens (tertiary/aromatic N) is 1. The number of methoxy groups -OCH3 is 1. The lowest BCUT2D eigenvalue weighted by atomic mass is 10.2. The van der Waals surface area contributed by atoms with Crippen LogP contribution >= 0.6 is 0 Å². The second kappa shape index (κ2) is 8.30. The Morgan fingerprint density at radius 1 is 1.00 bits per heavy atom. The van der Waals surface area contributed by atoms with Gasteiger partial charge in [0.05, 0.1) is 7.11 Å². The fraction of sp³-hybridized carbons (Fsp3) is 0.333. The van der Waals surface area contributed by atoms with E-state index in [0.717, 1.165) is 6.42 Å². The first-order valence-electron chi connectivity index (χ1n) is 9.56. The van der Waals surface area contributed by atoms with Crippen LogP contribution in [0.25, 0.3) is 0 Å². The lowest BCUT2D eigenvalue weighted by Crippen LogP contribution is -2.45. The summed E-state index contributed by atoms with van der Waals surface area (Å²) in [4.78, 5) is 27.1. The Labute approximate surface area is 168 Å². The van der Waals surface area contributed by atoms with Gasteiger partial charge >= 0.3 is 6.03 Å². The molecule has 29 heavy (non-hydrogen) atoms. The molecule has 0 aromatic heterocycles. The van der Waals surface area contributed by atoms with Crippen LogP contribution in [0.1, 0.15) is 12.8 Å².